The second-order valence-corrected chi connectivity index (χ2v) is 7.22. The number of thiazole rings is 1. The minimum absolute atomic E-state index is 0.129. The van der Waals surface area contributed by atoms with E-state index in [0.717, 1.165) is 17.1 Å². The molecule has 10 heteroatoms. The molecule has 1 aliphatic rings. The van der Waals surface area contributed by atoms with Crippen LogP contribution in [0.4, 0.5) is 5.13 Å². The first-order valence-corrected chi connectivity index (χ1v) is 8.93. The number of amides is 1. The number of fused-ring (bicyclic) bond motifs is 1. The number of rotatable bonds is 3. The van der Waals surface area contributed by atoms with Crippen LogP contribution in [0.1, 0.15) is 26.6 Å². The highest BCUT2D eigenvalue weighted by Crippen LogP contribution is 2.28. The van der Waals surface area contributed by atoms with E-state index < -0.39 is 5.56 Å². The van der Waals surface area contributed by atoms with Gasteiger partial charge in [0.2, 0.25) is 0 Å². The standard InChI is InChI=1S/C16H13ClN6O2S/c1-7-2-8(9-3-13(17)22-23-15(9)25)10(4-19-7)14(24)21-16-20-11-5-18-6-12(11)26-16/h2-4,18H,5-6H2,1H3,(H,23,25)(H,20,21,24). The lowest BCUT2D eigenvalue weighted by molar-refractivity contribution is 0.102. The number of hydrogen-bond acceptors (Lipinski definition) is 7. The Morgan fingerprint density at radius 2 is 2.15 bits per heavy atom. The Kier molecular flexibility index (Phi) is 4.27. The highest BCUT2D eigenvalue weighted by Gasteiger charge is 2.21. The van der Waals surface area contributed by atoms with Crippen molar-refractivity contribution in [3.63, 3.8) is 0 Å². The van der Waals surface area contributed by atoms with Gasteiger partial charge in [-0.2, -0.15) is 5.10 Å². The molecule has 4 rings (SSSR count). The van der Waals surface area contributed by atoms with Crippen LogP contribution in [0.15, 0.2) is 23.1 Å². The van der Waals surface area contributed by atoms with Gasteiger partial charge in [-0.3, -0.25) is 19.9 Å². The van der Waals surface area contributed by atoms with Crippen LogP contribution in [0.25, 0.3) is 11.1 Å². The molecule has 8 nitrogen and oxygen atoms in total. The summed E-state index contributed by atoms with van der Waals surface area (Å²) in [6.07, 6.45) is 1.44. The molecule has 132 valence electrons. The fourth-order valence-electron chi connectivity index (χ4n) is 2.72. The van der Waals surface area contributed by atoms with Gasteiger partial charge in [-0.1, -0.05) is 11.6 Å². The molecule has 3 N–H and O–H groups in total. The third-order valence-corrected chi connectivity index (χ3v) is 5.13. The van der Waals surface area contributed by atoms with Gasteiger partial charge in [-0.25, -0.2) is 10.1 Å². The zero-order valence-corrected chi connectivity index (χ0v) is 15.2. The number of nitrogens with one attached hydrogen (secondary N) is 3. The van der Waals surface area contributed by atoms with Gasteiger partial charge in [0.15, 0.2) is 5.13 Å². The maximum absolute atomic E-state index is 12.8. The van der Waals surface area contributed by atoms with Crippen molar-refractivity contribution >= 4 is 34.0 Å². The molecule has 0 bridgehead atoms. The number of aromatic nitrogens is 4. The summed E-state index contributed by atoms with van der Waals surface area (Å²) in [5.74, 6) is -0.389. The number of halogens is 1. The smallest absolute Gasteiger partial charge is 0.272 e. The first-order valence-electron chi connectivity index (χ1n) is 7.74. The summed E-state index contributed by atoms with van der Waals surface area (Å²) in [5.41, 5.74) is 2.14. The van der Waals surface area contributed by atoms with Gasteiger partial charge in [0.25, 0.3) is 11.5 Å². The van der Waals surface area contributed by atoms with E-state index in [0.29, 0.717) is 22.9 Å². The van der Waals surface area contributed by atoms with Crippen molar-refractivity contribution in [2.24, 2.45) is 0 Å². The van der Waals surface area contributed by atoms with Crippen molar-refractivity contribution in [1.29, 1.82) is 0 Å². The van der Waals surface area contributed by atoms with Gasteiger partial charge < -0.3 is 5.32 Å². The third kappa shape index (κ3) is 3.12. The molecule has 0 spiro atoms. The zero-order chi connectivity index (χ0) is 18.3. The van der Waals surface area contributed by atoms with E-state index >= 15 is 0 Å². The monoisotopic (exact) mass is 388 g/mol. The molecule has 0 saturated heterocycles. The SMILES string of the molecule is Cc1cc(-c2cc(Cl)n[nH]c2=O)c(C(=O)Nc2nc3c(s2)CNC3)cn1. The number of pyridine rings is 1. The Labute approximate surface area is 156 Å². The highest BCUT2D eigenvalue weighted by atomic mass is 35.5. The molecule has 3 aromatic heterocycles. The predicted octanol–water partition coefficient (Wildman–Crippen LogP) is 2.11. The first kappa shape index (κ1) is 16.8. The Bertz CT molecular complexity index is 1060. The Hall–Kier alpha value is -2.62. The Morgan fingerprint density at radius 1 is 1.31 bits per heavy atom. The third-order valence-electron chi connectivity index (χ3n) is 3.92. The van der Waals surface area contributed by atoms with Crippen LogP contribution < -0.4 is 16.2 Å². The van der Waals surface area contributed by atoms with E-state index in [2.05, 4.69) is 30.8 Å². The molecule has 0 unspecified atom stereocenters. The number of aromatic amines is 1. The van der Waals surface area contributed by atoms with Crippen LogP contribution in [0, 0.1) is 6.92 Å². The van der Waals surface area contributed by atoms with E-state index in [1.165, 1.54) is 23.6 Å². The average molecular weight is 389 g/mol. The summed E-state index contributed by atoms with van der Waals surface area (Å²) in [5, 5.41) is 12.6. The zero-order valence-electron chi connectivity index (χ0n) is 13.6. The largest absolute Gasteiger partial charge is 0.306 e. The lowest BCUT2D eigenvalue weighted by atomic mass is 10.0. The molecular weight excluding hydrogens is 376 g/mol. The maximum atomic E-state index is 12.8. The molecule has 1 aliphatic heterocycles. The van der Waals surface area contributed by atoms with Crippen LogP contribution in [-0.2, 0) is 13.1 Å². The molecule has 0 radical (unpaired) electrons. The summed E-state index contributed by atoms with van der Waals surface area (Å²) >= 11 is 7.33. The molecular formula is C16H13ClN6O2S. The van der Waals surface area contributed by atoms with E-state index in [1.807, 2.05) is 0 Å². The second kappa shape index (κ2) is 6.60. The number of carbonyl (C=O) groups is 1. The van der Waals surface area contributed by atoms with Gasteiger partial charge in [0, 0.05) is 35.4 Å². The molecule has 0 aliphatic carbocycles. The minimum Gasteiger partial charge on any atom is -0.306 e. The molecule has 0 fully saturated rings. The number of hydrogen-bond donors (Lipinski definition) is 3. The number of aryl methyl sites for hydroxylation is 1. The molecule has 26 heavy (non-hydrogen) atoms. The highest BCUT2D eigenvalue weighted by molar-refractivity contribution is 7.15. The summed E-state index contributed by atoms with van der Waals surface area (Å²) < 4.78 is 0. The summed E-state index contributed by atoms with van der Waals surface area (Å²) in [6.45, 7) is 3.23. The Morgan fingerprint density at radius 3 is 2.96 bits per heavy atom. The second-order valence-electron chi connectivity index (χ2n) is 5.75. The number of carbonyl (C=O) groups excluding carboxylic acids is 1. The molecule has 0 saturated carbocycles. The quantitative estimate of drug-likeness (QED) is 0.633. The van der Waals surface area contributed by atoms with Crippen LogP contribution in [-0.4, -0.2) is 26.1 Å². The van der Waals surface area contributed by atoms with E-state index in [-0.39, 0.29) is 22.2 Å². The lowest BCUT2D eigenvalue weighted by Crippen LogP contribution is -2.17. The van der Waals surface area contributed by atoms with Gasteiger partial charge in [0.1, 0.15) is 5.15 Å². The number of anilines is 1. The average Bonchev–Trinajstić information content (AvgIpc) is 3.18. The molecule has 3 aromatic rings. The normalized spacial score (nSPS) is 12.8. The van der Waals surface area contributed by atoms with Crippen molar-refractivity contribution in [2.45, 2.75) is 20.0 Å². The van der Waals surface area contributed by atoms with E-state index in [9.17, 15) is 9.59 Å². The van der Waals surface area contributed by atoms with Crippen molar-refractivity contribution in [2.75, 3.05) is 5.32 Å². The lowest BCUT2D eigenvalue weighted by Gasteiger charge is -2.09. The predicted molar refractivity (Wildman–Crippen MR) is 98.4 cm³/mol. The number of H-pyrrole nitrogens is 1. The van der Waals surface area contributed by atoms with E-state index in [1.54, 1.807) is 13.0 Å². The van der Waals surface area contributed by atoms with Gasteiger partial charge in [-0.15, -0.1) is 11.3 Å². The van der Waals surface area contributed by atoms with Gasteiger partial charge >= 0.3 is 0 Å². The van der Waals surface area contributed by atoms with Crippen LogP contribution in [0.3, 0.4) is 0 Å². The summed E-state index contributed by atoms with van der Waals surface area (Å²) in [4.78, 5) is 34.7. The van der Waals surface area contributed by atoms with Gasteiger partial charge in [0.05, 0.1) is 16.8 Å². The molecule has 0 atom stereocenters. The minimum atomic E-state index is -0.437. The first-order chi connectivity index (χ1) is 12.5. The molecule has 4 heterocycles. The van der Waals surface area contributed by atoms with Crippen molar-refractivity contribution in [3.8, 4) is 11.1 Å². The summed E-state index contributed by atoms with van der Waals surface area (Å²) in [7, 11) is 0. The summed E-state index contributed by atoms with van der Waals surface area (Å²) in [6, 6.07) is 3.09. The van der Waals surface area contributed by atoms with Crippen molar-refractivity contribution in [1.82, 2.24) is 25.5 Å². The molecule has 1 amide bonds. The van der Waals surface area contributed by atoms with Crippen LogP contribution in [0.2, 0.25) is 5.15 Å². The van der Waals surface area contributed by atoms with Gasteiger partial charge in [-0.05, 0) is 19.1 Å². The fourth-order valence-corrected chi connectivity index (χ4v) is 3.81. The topological polar surface area (TPSA) is 113 Å². The number of nitrogens with zero attached hydrogens (tertiary/aromatic N) is 3. The fraction of sp³-hybridized carbons (Fsp3) is 0.188. The van der Waals surface area contributed by atoms with E-state index in [4.69, 9.17) is 11.6 Å². The van der Waals surface area contributed by atoms with Crippen molar-refractivity contribution < 1.29 is 4.79 Å². The van der Waals surface area contributed by atoms with Crippen LogP contribution in [0.5, 0.6) is 0 Å². The van der Waals surface area contributed by atoms with Crippen molar-refractivity contribution in [3.05, 3.63) is 55.7 Å². The molecule has 0 aromatic carbocycles. The maximum Gasteiger partial charge on any atom is 0.272 e. The Balaban J connectivity index is 1.72. The van der Waals surface area contributed by atoms with Crippen LogP contribution >= 0.6 is 22.9 Å².